The predicted molar refractivity (Wildman–Crippen MR) is 88.2 cm³/mol. The van der Waals surface area contributed by atoms with Crippen LogP contribution in [0.15, 0.2) is 47.1 Å². The number of carbonyl (C=O) groups is 1. The van der Waals surface area contributed by atoms with E-state index in [2.05, 4.69) is 20.5 Å². The molecule has 0 fully saturated rings. The molecule has 0 atom stereocenters. The molecule has 0 saturated heterocycles. The molecular formula is C17H16N4O4. The maximum Gasteiger partial charge on any atom is 0.251 e. The third-order valence-corrected chi connectivity index (χ3v) is 3.39. The lowest BCUT2D eigenvalue weighted by Gasteiger charge is -2.08. The van der Waals surface area contributed by atoms with Crippen molar-refractivity contribution in [2.24, 2.45) is 0 Å². The minimum absolute atomic E-state index is 0.103. The van der Waals surface area contributed by atoms with Crippen LogP contribution in [0.3, 0.4) is 0 Å². The summed E-state index contributed by atoms with van der Waals surface area (Å²) >= 11 is 0. The molecular weight excluding hydrogens is 324 g/mol. The van der Waals surface area contributed by atoms with Crippen molar-refractivity contribution in [1.82, 2.24) is 20.5 Å². The van der Waals surface area contributed by atoms with E-state index in [0.717, 1.165) is 0 Å². The zero-order chi connectivity index (χ0) is 17.6. The fraction of sp³-hybridized carbons (Fsp3) is 0.176. The molecule has 0 spiro atoms. The van der Waals surface area contributed by atoms with Crippen molar-refractivity contribution in [3.05, 3.63) is 54.2 Å². The smallest absolute Gasteiger partial charge is 0.251 e. The molecule has 3 aromatic rings. The summed E-state index contributed by atoms with van der Waals surface area (Å²) in [6.07, 6.45) is 3.28. The molecule has 8 heteroatoms. The Balaban J connectivity index is 1.68. The van der Waals surface area contributed by atoms with Crippen LogP contribution in [0.2, 0.25) is 0 Å². The van der Waals surface area contributed by atoms with Gasteiger partial charge in [-0.25, -0.2) is 0 Å². The van der Waals surface area contributed by atoms with Crippen molar-refractivity contribution < 1.29 is 18.7 Å². The van der Waals surface area contributed by atoms with Gasteiger partial charge in [0.05, 0.1) is 26.3 Å². The first-order valence-corrected chi connectivity index (χ1v) is 7.43. The molecule has 2 aromatic heterocycles. The van der Waals surface area contributed by atoms with Gasteiger partial charge in [-0.2, -0.15) is 0 Å². The van der Waals surface area contributed by atoms with E-state index >= 15 is 0 Å². The molecule has 3 rings (SSSR count). The number of carbonyl (C=O) groups excluding carboxylic acids is 1. The molecule has 1 N–H and O–H groups in total. The molecule has 2 heterocycles. The summed E-state index contributed by atoms with van der Waals surface area (Å²) in [5.74, 6) is 1.39. The first kappa shape index (κ1) is 16.4. The van der Waals surface area contributed by atoms with Gasteiger partial charge in [-0.05, 0) is 24.3 Å². The number of hydrogen-bond acceptors (Lipinski definition) is 7. The molecule has 1 amide bonds. The first-order chi connectivity index (χ1) is 12.2. The zero-order valence-corrected chi connectivity index (χ0v) is 13.7. The summed E-state index contributed by atoms with van der Waals surface area (Å²) in [5.41, 5.74) is 1.12. The molecule has 0 saturated carbocycles. The fourth-order valence-corrected chi connectivity index (χ4v) is 2.13. The van der Waals surface area contributed by atoms with Crippen LogP contribution in [0, 0.1) is 0 Å². The summed E-state index contributed by atoms with van der Waals surface area (Å²) in [5, 5.41) is 10.6. The number of amides is 1. The molecule has 8 nitrogen and oxygen atoms in total. The van der Waals surface area contributed by atoms with E-state index in [9.17, 15) is 4.79 Å². The highest BCUT2D eigenvalue weighted by molar-refractivity contribution is 5.95. The number of benzene rings is 1. The van der Waals surface area contributed by atoms with Gasteiger partial charge in [-0.1, -0.05) is 0 Å². The van der Waals surface area contributed by atoms with Gasteiger partial charge < -0.3 is 19.2 Å². The lowest BCUT2D eigenvalue weighted by atomic mass is 10.2. The second-order valence-corrected chi connectivity index (χ2v) is 5.03. The lowest BCUT2D eigenvalue weighted by molar-refractivity contribution is 0.0946. The first-order valence-electron chi connectivity index (χ1n) is 7.43. The predicted octanol–water partition coefficient (Wildman–Crippen LogP) is 2.08. The van der Waals surface area contributed by atoms with Gasteiger partial charge in [0.15, 0.2) is 0 Å². The van der Waals surface area contributed by atoms with Gasteiger partial charge >= 0.3 is 0 Å². The molecule has 128 valence electrons. The SMILES string of the molecule is COc1cc(OC)cc(C(=O)NCc2nnc(-c3cccnc3)o2)c1. The van der Waals surface area contributed by atoms with Gasteiger partial charge in [0.25, 0.3) is 5.91 Å². The number of rotatable bonds is 6. The standard InChI is InChI=1S/C17H16N4O4/c1-23-13-6-12(7-14(8-13)24-2)16(22)19-10-15-20-21-17(25-15)11-4-3-5-18-9-11/h3-9H,10H2,1-2H3,(H,19,22). The third kappa shape index (κ3) is 3.92. The van der Waals surface area contributed by atoms with Crippen molar-refractivity contribution in [3.63, 3.8) is 0 Å². The van der Waals surface area contributed by atoms with E-state index in [0.29, 0.717) is 34.4 Å². The Morgan fingerprint density at radius 3 is 2.56 bits per heavy atom. The van der Waals surface area contributed by atoms with Crippen molar-refractivity contribution in [2.75, 3.05) is 14.2 Å². The van der Waals surface area contributed by atoms with Crippen LogP contribution >= 0.6 is 0 Å². The van der Waals surface area contributed by atoms with Crippen LogP contribution in [0.25, 0.3) is 11.5 Å². The van der Waals surface area contributed by atoms with E-state index in [1.54, 1.807) is 36.7 Å². The van der Waals surface area contributed by atoms with Crippen LogP contribution in [0.5, 0.6) is 11.5 Å². The molecule has 0 bridgehead atoms. The summed E-state index contributed by atoms with van der Waals surface area (Å²) in [6.45, 7) is 0.103. The normalized spacial score (nSPS) is 10.3. The minimum Gasteiger partial charge on any atom is -0.497 e. The summed E-state index contributed by atoms with van der Waals surface area (Å²) < 4.78 is 15.8. The van der Waals surface area contributed by atoms with Gasteiger partial charge in [0.1, 0.15) is 11.5 Å². The summed E-state index contributed by atoms with van der Waals surface area (Å²) in [6, 6.07) is 8.51. The highest BCUT2D eigenvalue weighted by atomic mass is 16.5. The van der Waals surface area contributed by atoms with E-state index in [-0.39, 0.29) is 12.5 Å². The van der Waals surface area contributed by atoms with E-state index in [1.165, 1.54) is 14.2 Å². The number of nitrogens with zero attached hydrogens (tertiary/aromatic N) is 3. The third-order valence-electron chi connectivity index (χ3n) is 3.39. The van der Waals surface area contributed by atoms with Gasteiger partial charge in [-0.15, -0.1) is 10.2 Å². The van der Waals surface area contributed by atoms with E-state index in [4.69, 9.17) is 13.9 Å². The molecule has 0 radical (unpaired) electrons. The maximum absolute atomic E-state index is 12.3. The zero-order valence-electron chi connectivity index (χ0n) is 13.7. The Labute approximate surface area is 143 Å². The topological polar surface area (TPSA) is 99.4 Å². The summed E-state index contributed by atoms with van der Waals surface area (Å²) in [4.78, 5) is 16.3. The van der Waals surface area contributed by atoms with Crippen LogP contribution in [-0.2, 0) is 6.54 Å². The monoisotopic (exact) mass is 340 g/mol. The second-order valence-electron chi connectivity index (χ2n) is 5.03. The lowest BCUT2D eigenvalue weighted by Crippen LogP contribution is -2.23. The minimum atomic E-state index is -0.307. The van der Waals surface area contributed by atoms with Crippen LogP contribution < -0.4 is 14.8 Å². The molecule has 0 aliphatic rings. The molecule has 0 aliphatic carbocycles. The van der Waals surface area contributed by atoms with Gasteiger partial charge in [0, 0.05) is 24.0 Å². The maximum atomic E-state index is 12.3. The Kier molecular flexibility index (Phi) is 4.89. The Morgan fingerprint density at radius 1 is 1.16 bits per heavy atom. The molecule has 1 aromatic carbocycles. The number of methoxy groups -OCH3 is 2. The van der Waals surface area contributed by atoms with E-state index < -0.39 is 0 Å². The van der Waals surface area contributed by atoms with Crippen LogP contribution in [0.4, 0.5) is 0 Å². The molecule has 25 heavy (non-hydrogen) atoms. The average Bonchev–Trinajstić information content (AvgIpc) is 3.15. The number of nitrogens with one attached hydrogen (secondary N) is 1. The Bertz CT molecular complexity index is 842. The number of ether oxygens (including phenoxy) is 2. The van der Waals surface area contributed by atoms with Gasteiger partial charge in [-0.3, -0.25) is 9.78 Å². The number of pyridine rings is 1. The van der Waals surface area contributed by atoms with Crippen molar-refractivity contribution in [2.45, 2.75) is 6.54 Å². The highest BCUT2D eigenvalue weighted by Crippen LogP contribution is 2.22. The van der Waals surface area contributed by atoms with Crippen molar-refractivity contribution in [3.8, 4) is 23.0 Å². The van der Waals surface area contributed by atoms with Crippen LogP contribution in [-0.4, -0.2) is 35.3 Å². The highest BCUT2D eigenvalue weighted by Gasteiger charge is 2.13. The largest absolute Gasteiger partial charge is 0.497 e. The van der Waals surface area contributed by atoms with Gasteiger partial charge in [0.2, 0.25) is 11.8 Å². The summed E-state index contributed by atoms with van der Waals surface area (Å²) in [7, 11) is 3.05. The van der Waals surface area contributed by atoms with Crippen LogP contribution in [0.1, 0.15) is 16.2 Å². The second kappa shape index (κ2) is 7.43. The Hall–Kier alpha value is -3.42. The number of aromatic nitrogens is 3. The average molecular weight is 340 g/mol. The molecule has 0 unspecified atom stereocenters. The fourth-order valence-electron chi connectivity index (χ4n) is 2.13. The van der Waals surface area contributed by atoms with Crippen molar-refractivity contribution >= 4 is 5.91 Å². The Morgan fingerprint density at radius 2 is 1.92 bits per heavy atom. The molecule has 0 aliphatic heterocycles. The van der Waals surface area contributed by atoms with Crippen molar-refractivity contribution in [1.29, 1.82) is 0 Å². The number of hydrogen-bond donors (Lipinski definition) is 1. The van der Waals surface area contributed by atoms with E-state index in [1.807, 2.05) is 6.07 Å². The quantitative estimate of drug-likeness (QED) is 0.733.